The molecule has 1 atom stereocenters. The van der Waals surface area contributed by atoms with Gasteiger partial charge >= 0.3 is 0 Å². The molecule has 2 fully saturated rings. The van der Waals surface area contributed by atoms with Crippen LogP contribution in [0.2, 0.25) is 0 Å². The van der Waals surface area contributed by atoms with Crippen molar-refractivity contribution in [2.24, 2.45) is 5.41 Å². The maximum atomic E-state index is 12.6. The molecule has 0 bridgehead atoms. The number of aryl methyl sites for hydroxylation is 1. The van der Waals surface area contributed by atoms with E-state index in [-0.39, 0.29) is 17.2 Å². The number of carbonyl (C=O) groups is 2. The van der Waals surface area contributed by atoms with E-state index in [1.807, 2.05) is 21.9 Å². The number of pyridine rings is 1. The topological polar surface area (TPSA) is 53.5 Å². The minimum Gasteiger partial charge on any atom is -0.338 e. The summed E-state index contributed by atoms with van der Waals surface area (Å²) in [6, 6.07) is 7.56. The summed E-state index contributed by atoms with van der Waals surface area (Å²) < 4.78 is 0. The van der Waals surface area contributed by atoms with Crippen molar-refractivity contribution in [3.63, 3.8) is 0 Å². The number of rotatable bonds is 2. The van der Waals surface area contributed by atoms with Gasteiger partial charge in [0.25, 0.3) is 5.91 Å². The summed E-state index contributed by atoms with van der Waals surface area (Å²) in [4.78, 5) is 34.1. The lowest BCUT2D eigenvalue weighted by Gasteiger charge is -2.23. The Morgan fingerprint density at radius 1 is 1.21 bits per heavy atom. The number of likely N-dealkylation sites (tertiary alicyclic amines) is 1. The third-order valence-electron chi connectivity index (χ3n) is 4.97. The van der Waals surface area contributed by atoms with Crippen molar-refractivity contribution in [1.82, 2.24) is 9.88 Å². The van der Waals surface area contributed by atoms with Crippen LogP contribution in [0.15, 0.2) is 36.7 Å². The van der Waals surface area contributed by atoms with Crippen molar-refractivity contribution < 1.29 is 9.59 Å². The number of aromatic nitrogens is 1. The lowest BCUT2D eigenvalue weighted by atomic mass is 9.86. The summed E-state index contributed by atoms with van der Waals surface area (Å²) in [7, 11) is 0. The Morgan fingerprint density at radius 3 is 2.71 bits per heavy atom. The van der Waals surface area contributed by atoms with E-state index in [1.165, 1.54) is 4.88 Å². The number of thiophene rings is 1. The van der Waals surface area contributed by atoms with E-state index >= 15 is 0 Å². The highest BCUT2D eigenvalue weighted by atomic mass is 32.1. The Kier molecular flexibility index (Phi) is 3.64. The van der Waals surface area contributed by atoms with Crippen molar-refractivity contribution in [3.05, 3.63) is 47.1 Å². The molecule has 2 amide bonds. The van der Waals surface area contributed by atoms with Crippen molar-refractivity contribution >= 4 is 28.2 Å². The minimum absolute atomic E-state index is 0.0344. The molecule has 4 heterocycles. The highest BCUT2D eigenvalue weighted by molar-refractivity contribution is 7.16. The van der Waals surface area contributed by atoms with Crippen LogP contribution in [0.5, 0.6) is 0 Å². The third kappa shape index (κ3) is 2.60. The second-order valence-corrected chi connectivity index (χ2v) is 8.02. The Hall–Kier alpha value is -2.21. The van der Waals surface area contributed by atoms with Gasteiger partial charge in [0.15, 0.2) is 0 Å². The van der Waals surface area contributed by atoms with Crippen LogP contribution < -0.4 is 4.90 Å². The molecule has 2 aromatic rings. The van der Waals surface area contributed by atoms with E-state index in [0.717, 1.165) is 11.4 Å². The Morgan fingerprint density at radius 2 is 2.00 bits per heavy atom. The van der Waals surface area contributed by atoms with Gasteiger partial charge in [0.1, 0.15) is 0 Å². The smallest absolute Gasteiger partial charge is 0.253 e. The van der Waals surface area contributed by atoms with Gasteiger partial charge in [-0.2, -0.15) is 0 Å². The van der Waals surface area contributed by atoms with Gasteiger partial charge in [0.2, 0.25) is 5.91 Å². The summed E-state index contributed by atoms with van der Waals surface area (Å²) in [6.45, 7) is 4.13. The lowest BCUT2D eigenvalue weighted by Crippen LogP contribution is -2.34. The Labute approximate surface area is 144 Å². The number of anilines is 1. The number of nitrogens with zero attached hydrogens (tertiary/aromatic N) is 3. The molecule has 0 N–H and O–H groups in total. The molecule has 24 heavy (non-hydrogen) atoms. The second kappa shape index (κ2) is 5.70. The minimum atomic E-state index is -0.0995. The van der Waals surface area contributed by atoms with E-state index in [0.29, 0.717) is 31.6 Å². The number of carbonyl (C=O) groups excluding carboxylic acids is 2. The fraction of sp³-hybridized carbons (Fsp3) is 0.389. The van der Waals surface area contributed by atoms with E-state index in [9.17, 15) is 9.59 Å². The van der Waals surface area contributed by atoms with Crippen LogP contribution in [0.1, 0.15) is 28.1 Å². The molecule has 0 unspecified atom stereocenters. The van der Waals surface area contributed by atoms with E-state index in [1.54, 1.807) is 35.9 Å². The second-order valence-electron chi connectivity index (χ2n) is 6.75. The molecule has 0 aliphatic carbocycles. The van der Waals surface area contributed by atoms with E-state index in [2.05, 4.69) is 11.9 Å². The quantitative estimate of drug-likeness (QED) is 0.844. The van der Waals surface area contributed by atoms with Gasteiger partial charge in [0.05, 0.1) is 5.00 Å². The molecule has 2 aromatic heterocycles. The Balaban J connectivity index is 1.50. The predicted molar refractivity (Wildman–Crippen MR) is 93.2 cm³/mol. The van der Waals surface area contributed by atoms with Gasteiger partial charge in [-0.05, 0) is 37.6 Å². The number of hydrogen-bond acceptors (Lipinski definition) is 4. The molecular formula is C18H19N3O2S. The molecule has 0 saturated carbocycles. The van der Waals surface area contributed by atoms with Crippen LogP contribution in [0.25, 0.3) is 0 Å². The molecule has 1 spiro atoms. The highest BCUT2D eigenvalue weighted by Crippen LogP contribution is 2.43. The van der Waals surface area contributed by atoms with Gasteiger partial charge in [-0.3, -0.25) is 14.6 Å². The monoisotopic (exact) mass is 341 g/mol. The zero-order valence-electron chi connectivity index (χ0n) is 13.6. The molecule has 2 aliphatic rings. The van der Waals surface area contributed by atoms with Crippen LogP contribution in [0.4, 0.5) is 5.00 Å². The summed E-state index contributed by atoms with van der Waals surface area (Å²) in [5.74, 6) is 0.210. The van der Waals surface area contributed by atoms with Crippen LogP contribution in [-0.4, -0.2) is 41.3 Å². The summed E-state index contributed by atoms with van der Waals surface area (Å²) >= 11 is 1.65. The van der Waals surface area contributed by atoms with Crippen molar-refractivity contribution in [2.75, 3.05) is 24.5 Å². The first-order valence-corrected chi connectivity index (χ1v) is 8.94. The zero-order valence-corrected chi connectivity index (χ0v) is 14.4. The molecule has 2 saturated heterocycles. The summed E-state index contributed by atoms with van der Waals surface area (Å²) in [5.41, 5.74) is 0.564. The molecule has 0 aromatic carbocycles. The maximum absolute atomic E-state index is 12.6. The average Bonchev–Trinajstić information content (AvgIpc) is 3.27. The van der Waals surface area contributed by atoms with Gasteiger partial charge in [-0.1, -0.05) is 0 Å². The lowest BCUT2D eigenvalue weighted by molar-refractivity contribution is -0.117. The van der Waals surface area contributed by atoms with Crippen LogP contribution >= 0.6 is 11.3 Å². The summed E-state index contributed by atoms with van der Waals surface area (Å²) in [5, 5.41) is 1.02. The molecule has 5 nitrogen and oxygen atoms in total. The SMILES string of the molecule is Cc1ccc(N2C[C@]3(CCN(C(=O)c4ccncc4)C3)CC2=O)s1. The normalized spacial score (nSPS) is 23.5. The first-order chi connectivity index (χ1) is 11.6. The van der Waals surface area contributed by atoms with Gasteiger partial charge < -0.3 is 9.80 Å². The van der Waals surface area contributed by atoms with Crippen molar-refractivity contribution in [3.8, 4) is 0 Å². The first kappa shape index (κ1) is 15.3. The van der Waals surface area contributed by atoms with Gasteiger partial charge in [-0.15, -0.1) is 11.3 Å². The zero-order chi connectivity index (χ0) is 16.7. The highest BCUT2D eigenvalue weighted by Gasteiger charge is 2.49. The third-order valence-corrected chi connectivity index (χ3v) is 5.99. The van der Waals surface area contributed by atoms with Crippen LogP contribution in [0, 0.1) is 12.3 Å². The first-order valence-electron chi connectivity index (χ1n) is 8.12. The van der Waals surface area contributed by atoms with E-state index < -0.39 is 0 Å². The average molecular weight is 341 g/mol. The Bertz CT molecular complexity index is 789. The fourth-order valence-corrected chi connectivity index (χ4v) is 4.60. The summed E-state index contributed by atoms with van der Waals surface area (Å²) in [6.07, 6.45) is 4.69. The number of hydrogen-bond donors (Lipinski definition) is 0. The fourth-order valence-electron chi connectivity index (χ4n) is 3.72. The molecular weight excluding hydrogens is 322 g/mol. The molecule has 0 radical (unpaired) electrons. The molecule has 2 aliphatic heterocycles. The molecule has 4 rings (SSSR count). The standard InChI is InChI=1S/C18H19N3O2S/c1-13-2-3-16(24-13)21-12-18(10-15(21)22)6-9-20(11-18)17(23)14-4-7-19-8-5-14/h2-5,7-8H,6,9-12H2,1H3/t18-/m1/s1. The van der Waals surface area contributed by atoms with E-state index in [4.69, 9.17) is 0 Å². The van der Waals surface area contributed by atoms with Crippen molar-refractivity contribution in [2.45, 2.75) is 19.8 Å². The van der Waals surface area contributed by atoms with Gasteiger partial charge in [0, 0.05) is 54.3 Å². The van der Waals surface area contributed by atoms with Gasteiger partial charge in [-0.25, -0.2) is 0 Å². The largest absolute Gasteiger partial charge is 0.338 e. The molecule has 6 heteroatoms. The molecule has 124 valence electrons. The number of amides is 2. The van der Waals surface area contributed by atoms with Crippen molar-refractivity contribution in [1.29, 1.82) is 0 Å². The van der Waals surface area contributed by atoms with Crippen LogP contribution in [0.3, 0.4) is 0 Å². The predicted octanol–water partition coefficient (Wildman–Crippen LogP) is 2.72. The maximum Gasteiger partial charge on any atom is 0.253 e. The van der Waals surface area contributed by atoms with Crippen LogP contribution in [-0.2, 0) is 4.79 Å².